The highest BCUT2D eigenvalue weighted by atomic mass is 32.2. The van der Waals surface area contributed by atoms with Crippen molar-refractivity contribution in [1.82, 2.24) is 0 Å². The average Bonchev–Trinajstić information content (AvgIpc) is 3.01. The van der Waals surface area contributed by atoms with Gasteiger partial charge >= 0.3 is 5.97 Å². The lowest BCUT2D eigenvalue weighted by atomic mass is 10.0. The number of fused-ring (bicyclic) bond motifs is 1. The molecule has 1 aliphatic carbocycles. The van der Waals surface area contributed by atoms with E-state index in [1.165, 1.54) is 11.8 Å². The van der Waals surface area contributed by atoms with Gasteiger partial charge < -0.3 is 15.3 Å². The molecule has 3 N–H and O–H groups in total. The Morgan fingerprint density at radius 3 is 2.71 bits per heavy atom. The van der Waals surface area contributed by atoms with Crippen LogP contribution in [0.3, 0.4) is 0 Å². The van der Waals surface area contributed by atoms with Gasteiger partial charge in [0, 0.05) is 11.7 Å². The molecule has 1 aliphatic rings. The van der Waals surface area contributed by atoms with Crippen LogP contribution in [0.2, 0.25) is 0 Å². The first-order valence-corrected chi connectivity index (χ1v) is 12.6. The Bertz CT molecular complexity index is 929. The van der Waals surface area contributed by atoms with Crippen LogP contribution in [0.15, 0.2) is 54.6 Å². The van der Waals surface area contributed by atoms with Gasteiger partial charge in [-0.05, 0) is 40.7 Å². The van der Waals surface area contributed by atoms with E-state index in [1.807, 2.05) is 30.3 Å². The molecule has 31 heavy (non-hydrogen) atoms. The molecular weight excluding hydrogens is 432 g/mol. The quantitative estimate of drug-likeness (QED) is 0.349. The zero-order valence-electron chi connectivity index (χ0n) is 17.2. The summed E-state index contributed by atoms with van der Waals surface area (Å²) in [5, 5.41) is 31.4. The first kappa shape index (κ1) is 23.9. The summed E-state index contributed by atoms with van der Waals surface area (Å²) in [5.41, 5.74) is 1.03. The maximum absolute atomic E-state index is 12.4. The maximum atomic E-state index is 12.4. The highest BCUT2D eigenvalue weighted by molar-refractivity contribution is 8.00. The van der Waals surface area contributed by atoms with Gasteiger partial charge in [0.25, 0.3) is 0 Å². The van der Waals surface area contributed by atoms with Crippen molar-refractivity contribution in [2.45, 2.75) is 36.7 Å². The molecule has 0 spiro atoms. The number of carboxylic acids is 1. The number of aliphatic carboxylic acids is 1. The van der Waals surface area contributed by atoms with Crippen molar-refractivity contribution >= 4 is 46.0 Å². The minimum absolute atomic E-state index is 0.0175. The number of Topliss-reactive ketones (excluding diaryl/α,β-unsaturated/α-hetero) is 1. The number of carbonyl (C=O) groups excluding carboxylic acids is 1. The lowest BCUT2D eigenvalue weighted by molar-refractivity contribution is -0.134. The third kappa shape index (κ3) is 7.10. The van der Waals surface area contributed by atoms with E-state index in [4.69, 9.17) is 5.11 Å². The number of hydrogen-bond donors (Lipinski definition) is 3. The fourth-order valence-corrected chi connectivity index (χ4v) is 5.97. The van der Waals surface area contributed by atoms with Gasteiger partial charge in [0.05, 0.1) is 17.8 Å². The Morgan fingerprint density at radius 2 is 1.94 bits per heavy atom. The molecule has 5 nitrogen and oxygen atoms in total. The zero-order valence-corrected chi connectivity index (χ0v) is 18.9. The summed E-state index contributed by atoms with van der Waals surface area (Å²) in [6.07, 6.45) is 3.50. The molecule has 3 rings (SSSR count). The van der Waals surface area contributed by atoms with E-state index in [0.717, 1.165) is 34.3 Å². The monoisotopic (exact) mass is 460 g/mol. The minimum atomic E-state index is -0.953. The standard InChI is InChI=1S/C24H28O5S2/c25-19(13-16-6-7-17-4-1-2-5-18(17)12-16)8-9-20-22(14-21(26)24(20)29)31-11-3-10-30-15-23(27)28/h1-2,4-9,12,19-22,25-26H,3,10-11,13-15H2,(H,27,28)/t19?,20-,21?,22-/m1/s1. The van der Waals surface area contributed by atoms with Crippen molar-refractivity contribution in [3.05, 3.63) is 60.2 Å². The molecule has 1 saturated carbocycles. The molecule has 2 aromatic carbocycles. The SMILES string of the molecule is O=C(O)CSCCCS[C@@H]1CC(O)C(=O)[C@@H]1C=CC(O)Cc1ccc2ccccc2c1. The topological polar surface area (TPSA) is 94.8 Å². The molecular formula is C24H28O5S2. The van der Waals surface area contributed by atoms with E-state index < -0.39 is 24.1 Å². The number of ketones is 1. The summed E-state index contributed by atoms with van der Waals surface area (Å²) in [6.45, 7) is 0. The molecule has 0 aliphatic heterocycles. The first-order valence-electron chi connectivity index (χ1n) is 10.4. The van der Waals surface area contributed by atoms with Crippen LogP contribution in [0.1, 0.15) is 18.4 Å². The van der Waals surface area contributed by atoms with Crippen molar-refractivity contribution in [3.8, 4) is 0 Å². The summed E-state index contributed by atoms with van der Waals surface area (Å²) in [4.78, 5) is 22.9. The molecule has 0 heterocycles. The molecule has 0 aromatic heterocycles. The van der Waals surface area contributed by atoms with Crippen LogP contribution in [0, 0.1) is 5.92 Å². The van der Waals surface area contributed by atoms with Crippen molar-refractivity contribution in [3.63, 3.8) is 0 Å². The number of thioether (sulfide) groups is 2. The summed E-state index contributed by atoms with van der Waals surface area (Å²) in [6, 6.07) is 14.2. The first-order chi connectivity index (χ1) is 14.9. The Morgan fingerprint density at radius 1 is 1.16 bits per heavy atom. The maximum Gasteiger partial charge on any atom is 0.313 e. The molecule has 166 valence electrons. The lowest BCUT2D eigenvalue weighted by Crippen LogP contribution is -2.19. The molecule has 1 fully saturated rings. The van der Waals surface area contributed by atoms with E-state index in [1.54, 1.807) is 23.9 Å². The number of carbonyl (C=O) groups is 2. The van der Waals surface area contributed by atoms with Crippen LogP contribution in [0.25, 0.3) is 10.8 Å². The molecule has 0 radical (unpaired) electrons. The smallest absolute Gasteiger partial charge is 0.313 e. The van der Waals surface area contributed by atoms with E-state index in [0.29, 0.717) is 12.8 Å². The van der Waals surface area contributed by atoms with Crippen LogP contribution >= 0.6 is 23.5 Å². The zero-order chi connectivity index (χ0) is 22.2. The molecule has 7 heteroatoms. The molecule has 0 bridgehead atoms. The Balaban J connectivity index is 1.52. The third-order valence-corrected chi connectivity index (χ3v) is 7.77. The van der Waals surface area contributed by atoms with Gasteiger partial charge in [-0.25, -0.2) is 0 Å². The molecule has 0 saturated heterocycles. The van der Waals surface area contributed by atoms with Crippen LogP contribution in [-0.4, -0.2) is 61.8 Å². The predicted molar refractivity (Wildman–Crippen MR) is 128 cm³/mol. The van der Waals surface area contributed by atoms with Gasteiger partial charge in [0.2, 0.25) is 0 Å². The lowest BCUT2D eigenvalue weighted by Gasteiger charge is -2.15. The van der Waals surface area contributed by atoms with Crippen LogP contribution in [0.4, 0.5) is 0 Å². The van der Waals surface area contributed by atoms with Gasteiger partial charge in [-0.2, -0.15) is 23.5 Å². The second-order valence-corrected chi connectivity index (χ2v) is 10.2. The summed E-state index contributed by atoms with van der Waals surface area (Å²) < 4.78 is 0. The van der Waals surface area contributed by atoms with Crippen molar-refractivity contribution in [1.29, 1.82) is 0 Å². The predicted octanol–water partition coefficient (Wildman–Crippen LogP) is 3.56. The van der Waals surface area contributed by atoms with Crippen LogP contribution in [0.5, 0.6) is 0 Å². The third-order valence-electron chi connectivity index (χ3n) is 5.30. The number of carboxylic acid groups (broad SMARTS) is 1. The van der Waals surface area contributed by atoms with E-state index in [-0.39, 0.29) is 16.8 Å². The van der Waals surface area contributed by atoms with Gasteiger partial charge in [0.1, 0.15) is 6.10 Å². The highest BCUT2D eigenvalue weighted by Crippen LogP contribution is 2.34. The normalized spacial score (nSPS) is 22.4. The van der Waals surface area contributed by atoms with Gasteiger partial charge in [0.15, 0.2) is 5.78 Å². The molecule has 0 amide bonds. The van der Waals surface area contributed by atoms with Crippen LogP contribution < -0.4 is 0 Å². The van der Waals surface area contributed by atoms with Crippen LogP contribution in [-0.2, 0) is 16.0 Å². The minimum Gasteiger partial charge on any atom is -0.481 e. The van der Waals surface area contributed by atoms with Gasteiger partial charge in [-0.1, -0.05) is 54.6 Å². The number of rotatable bonds is 11. The summed E-state index contributed by atoms with van der Waals surface area (Å²) >= 11 is 3.03. The van der Waals surface area contributed by atoms with E-state index in [9.17, 15) is 19.8 Å². The number of hydrogen-bond acceptors (Lipinski definition) is 6. The Hall–Kier alpha value is -1.80. The average molecular weight is 461 g/mol. The second-order valence-electron chi connectivity index (χ2n) is 7.73. The van der Waals surface area contributed by atoms with E-state index in [2.05, 4.69) is 12.1 Å². The largest absolute Gasteiger partial charge is 0.481 e. The fourth-order valence-electron chi connectivity index (χ4n) is 3.76. The molecule has 2 unspecified atom stereocenters. The summed E-state index contributed by atoms with van der Waals surface area (Å²) in [5.74, 6) is 0.264. The molecule has 4 atom stereocenters. The van der Waals surface area contributed by atoms with Crippen molar-refractivity contribution in [2.24, 2.45) is 5.92 Å². The Labute approximate surface area is 190 Å². The van der Waals surface area contributed by atoms with Crippen molar-refractivity contribution < 1.29 is 24.9 Å². The number of aliphatic hydroxyl groups is 2. The summed E-state index contributed by atoms with van der Waals surface area (Å²) in [7, 11) is 0. The molecule has 2 aromatic rings. The van der Waals surface area contributed by atoms with Gasteiger partial charge in [-0.15, -0.1) is 0 Å². The fraction of sp³-hybridized carbons (Fsp3) is 0.417. The van der Waals surface area contributed by atoms with Gasteiger partial charge in [-0.3, -0.25) is 9.59 Å². The number of aliphatic hydroxyl groups excluding tert-OH is 2. The Kier molecular flexibility index (Phi) is 9.02. The number of benzene rings is 2. The highest BCUT2D eigenvalue weighted by Gasteiger charge is 2.39. The number of allylic oxidation sites excluding steroid dienone is 1. The second kappa shape index (κ2) is 11.7. The van der Waals surface area contributed by atoms with Crippen molar-refractivity contribution in [2.75, 3.05) is 17.3 Å². The van der Waals surface area contributed by atoms with E-state index >= 15 is 0 Å².